The number of anilines is 1. The molecule has 0 aliphatic heterocycles. The summed E-state index contributed by atoms with van der Waals surface area (Å²) in [5.74, 6) is -0.558. The first-order chi connectivity index (χ1) is 9.85. The van der Waals surface area contributed by atoms with E-state index in [1.54, 1.807) is 6.07 Å². The fourth-order valence-corrected chi connectivity index (χ4v) is 3.19. The molecule has 0 saturated carbocycles. The lowest BCUT2D eigenvalue weighted by Crippen LogP contribution is -2.14. The Morgan fingerprint density at radius 2 is 1.90 bits per heavy atom. The molecule has 0 radical (unpaired) electrons. The molecule has 0 aromatic heterocycles. The van der Waals surface area contributed by atoms with Crippen LogP contribution in [0.15, 0.2) is 41.3 Å². The van der Waals surface area contributed by atoms with Crippen LogP contribution in [0.3, 0.4) is 0 Å². The molecule has 0 fully saturated rings. The normalized spacial score (nSPS) is 11.4. The van der Waals surface area contributed by atoms with E-state index >= 15 is 0 Å². The van der Waals surface area contributed by atoms with Crippen molar-refractivity contribution >= 4 is 38.9 Å². The summed E-state index contributed by atoms with van der Waals surface area (Å²) >= 11 is 11.8. The fraction of sp³-hybridized carbons (Fsp3) is 0.0769. The summed E-state index contributed by atoms with van der Waals surface area (Å²) in [5.41, 5.74) is 5.61. The van der Waals surface area contributed by atoms with Crippen molar-refractivity contribution in [3.05, 3.63) is 57.8 Å². The molecule has 2 aromatic rings. The Labute approximate surface area is 131 Å². The number of halogens is 3. The van der Waals surface area contributed by atoms with Crippen LogP contribution in [0.5, 0.6) is 0 Å². The van der Waals surface area contributed by atoms with Crippen molar-refractivity contribution in [2.75, 3.05) is 4.72 Å². The minimum absolute atomic E-state index is 0.0869. The van der Waals surface area contributed by atoms with Crippen LogP contribution < -0.4 is 10.5 Å². The van der Waals surface area contributed by atoms with Gasteiger partial charge >= 0.3 is 0 Å². The van der Waals surface area contributed by atoms with Crippen molar-refractivity contribution in [1.82, 2.24) is 0 Å². The molecule has 0 saturated heterocycles. The molecule has 2 rings (SSSR count). The summed E-state index contributed by atoms with van der Waals surface area (Å²) < 4.78 is 40.2. The number of sulfonamides is 1. The lowest BCUT2D eigenvalue weighted by atomic mass is 10.2. The standard InChI is InChI=1S/C13H11Cl2FN2O2S/c14-10-2-1-3-12(13(10)15)18-21(19,20)9-4-5-11(16)8(6-9)7-17/h1-6,18H,7,17H2. The van der Waals surface area contributed by atoms with Crippen molar-refractivity contribution < 1.29 is 12.8 Å². The molecule has 0 aliphatic carbocycles. The molecule has 0 atom stereocenters. The highest BCUT2D eigenvalue weighted by Crippen LogP contribution is 2.31. The quantitative estimate of drug-likeness (QED) is 0.889. The van der Waals surface area contributed by atoms with Crippen molar-refractivity contribution in [2.45, 2.75) is 11.4 Å². The van der Waals surface area contributed by atoms with Crippen molar-refractivity contribution in [3.8, 4) is 0 Å². The van der Waals surface area contributed by atoms with E-state index in [4.69, 9.17) is 28.9 Å². The Bertz CT molecular complexity index is 782. The maximum absolute atomic E-state index is 13.4. The third-order valence-electron chi connectivity index (χ3n) is 2.74. The second-order valence-corrected chi connectivity index (χ2v) is 6.63. The molecule has 0 unspecified atom stereocenters. The number of benzene rings is 2. The van der Waals surface area contributed by atoms with Gasteiger partial charge in [0, 0.05) is 12.1 Å². The summed E-state index contributed by atoms with van der Waals surface area (Å²) in [7, 11) is -3.92. The highest BCUT2D eigenvalue weighted by Gasteiger charge is 2.18. The van der Waals surface area contributed by atoms with Gasteiger partial charge in [-0.3, -0.25) is 4.72 Å². The topological polar surface area (TPSA) is 72.2 Å². The Kier molecular flexibility index (Phi) is 4.73. The summed E-state index contributed by atoms with van der Waals surface area (Å²) in [6.07, 6.45) is 0. The van der Waals surface area contributed by atoms with E-state index in [-0.39, 0.29) is 32.7 Å². The van der Waals surface area contributed by atoms with Gasteiger partial charge in [0.2, 0.25) is 0 Å². The number of nitrogens with two attached hydrogens (primary N) is 1. The van der Waals surface area contributed by atoms with E-state index in [0.29, 0.717) is 0 Å². The minimum atomic E-state index is -3.92. The Balaban J connectivity index is 2.41. The number of hydrogen-bond donors (Lipinski definition) is 2. The van der Waals surface area contributed by atoms with Crippen LogP contribution in [-0.2, 0) is 16.6 Å². The first-order valence-corrected chi connectivity index (χ1v) is 8.04. The molecule has 8 heteroatoms. The van der Waals surface area contributed by atoms with Crippen molar-refractivity contribution in [1.29, 1.82) is 0 Å². The summed E-state index contributed by atoms with van der Waals surface area (Å²) in [4.78, 5) is -0.111. The highest BCUT2D eigenvalue weighted by atomic mass is 35.5. The van der Waals surface area contributed by atoms with Gasteiger partial charge in [-0.1, -0.05) is 29.3 Å². The third kappa shape index (κ3) is 3.47. The van der Waals surface area contributed by atoms with Crippen LogP contribution in [-0.4, -0.2) is 8.42 Å². The second-order valence-electron chi connectivity index (χ2n) is 4.16. The molecule has 21 heavy (non-hydrogen) atoms. The average Bonchev–Trinajstić information content (AvgIpc) is 2.44. The predicted octanol–water partition coefficient (Wildman–Crippen LogP) is 3.39. The van der Waals surface area contributed by atoms with Crippen LogP contribution in [0.4, 0.5) is 10.1 Å². The smallest absolute Gasteiger partial charge is 0.261 e. The highest BCUT2D eigenvalue weighted by molar-refractivity contribution is 7.92. The van der Waals surface area contributed by atoms with E-state index in [1.807, 2.05) is 0 Å². The zero-order valence-electron chi connectivity index (χ0n) is 10.6. The van der Waals surface area contributed by atoms with E-state index in [1.165, 1.54) is 18.2 Å². The monoisotopic (exact) mass is 348 g/mol. The molecule has 0 heterocycles. The fourth-order valence-electron chi connectivity index (χ4n) is 1.66. The van der Waals surface area contributed by atoms with Gasteiger partial charge in [0.05, 0.1) is 20.6 Å². The van der Waals surface area contributed by atoms with Gasteiger partial charge in [0.25, 0.3) is 10.0 Å². The summed E-state index contributed by atoms with van der Waals surface area (Å²) in [6.45, 7) is -0.104. The maximum Gasteiger partial charge on any atom is 0.261 e. The van der Waals surface area contributed by atoms with Crippen LogP contribution >= 0.6 is 23.2 Å². The van der Waals surface area contributed by atoms with E-state index < -0.39 is 15.8 Å². The van der Waals surface area contributed by atoms with E-state index in [2.05, 4.69) is 4.72 Å². The van der Waals surface area contributed by atoms with Crippen LogP contribution in [0, 0.1) is 5.82 Å². The largest absolute Gasteiger partial charge is 0.326 e. The molecule has 0 amide bonds. The van der Waals surface area contributed by atoms with Crippen molar-refractivity contribution in [3.63, 3.8) is 0 Å². The van der Waals surface area contributed by atoms with Gasteiger partial charge in [-0.15, -0.1) is 0 Å². The van der Waals surface area contributed by atoms with Gasteiger partial charge in [-0.25, -0.2) is 12.8 Å². The Hall–Kier alpha value is -1.34. The predicted molar refractivity (Wildman–Crippen MR) is 81.6 cm³/mol. The Morgan fingerprint density at radius 1 is 1.19 bits per heavy atom. The SMILES string of the molecule is NCc1cc(S(=O)(=O)Nc2cccc(Cl)c2Cl)ccc1F. The first-order valence-electron chi connectivity index (χ1n) is 5.80. The average molecular weight is 349 g/mol. The maximum atomic E-state index is 13.4. The van der Waals surface area contributed by atoms with Crippen LogP contribution in [0.2, 0.25) is 10.0 Å². The third-order valence-corrected chi connectivity index (χ3v) is 4.93. The van der Waals surface area contributed by atoms with E-state index in [9.17, 15) is 12.8 Å². The Morgan fingerprint density at radius 3 is 2.57 bits per heavy atom. The minimum Gasteiger partial charge on any atom is -0.326 e. The molecule has 0 bridgehead atoms. The van der Waals surface area contributed by atoms with Gasteiger partial charge in [0.1, 0.15) is 5.82 Å². The molecule has 112 valence electrons. The van der Waals surface area contributed by atoms with Crippen molar-refractivity contribution in [2.24, 2.45) is 5.73 Å². The summed E-state index contributed by atoms with van der Waals surface area (Å²) in [5, 5.41) is 0.308. The first kappa shape index (κ1) is 16.0. The molecule has 0 aliphatic rings. The number of nitrogens with one attached hydrogen (secondary N) is 1. The van der Waals surface area contributed by atoms with E-state index in [0.717, 1.165) is 12.1 Å². The summed E-state index contributed by atoms with van der Waals surface area (Å²) in [6, 6.07) is 7.94. The zero-order chi connectivity index (χ0) is 15.6. The lowest BCUT2D eigenvalue weighted by molar-refractivity contribution is 0.596. The number of rotatable bonds is 4. The number of hydrogen-bond acceptors (Lipinski definition) is 3. The lowest BCUT2D eigenvalue weighted by Gasteiger charge is -2.11. The zero-order valence-corrected chi connectivity index (χ0v) is 12.9. The van der Waals surface area contributed by atoms with Gasteiger partial charge < -0.3 is 5.73 Å². The van der Waals surface area contributed by atoms with Crippen LogP contribution in [0.1, 0.15) is 5.56 Å². The molecule has 3 N–H and O–H groups in total. The molecule has 4 nitrogen and oxygen atoms in total. The van der Waals surface area contributed by atoms with Gasteiger partial charge in [0.15, 0.2) is 0 Å². The molecule has 2 aromatic carbocycles. The van der Waals surface area contributed by atoms with Crippen LogP contribution in [0.25, 0.3) is 0 Å². The second kappa shape index (κ2) is 6.19. The van der Waals surface area contributed by atoms with Gasteiger partial charge in [-0.2, -0.15) is 0 Å². The molecular formula is C13H11Cl2FN2O2S. The van der Waals surface area contributed by atoms with Gasteiger partial charge in [-0.05, 0) is 30.3 Å². The molecular weight excluding hydrogens is 338 g/mol. The molecule has 0 spiro atoms.